The normalized spacial score (nSPS) is 15.5. The van der Waals surface area contributed by atoms with Gasteiger partial charge in [0.1, 0.15) is 5.82 Å². The van der Waals surface area contributed by atoms with Gasteiger partial charge in [-0.25, -0.2) is 4.98 Å². The monoisotopic (exact) mass is 361 g/mol. The summed E-state index contributed by atoms with van der Waals surface area (Å²) in [5, 5.41) is 1.95. The Morgan fingerprint density at radius 1 is 1.08 bits per heavy atom. The molecule has 3 heterocycles. The van der Waals surface area contributed by atoms with Gasteiger partial charge in [0.25, 0.3) is 0 Å². The molecule has 0 saturated carbocycles. The van der Waals surface area contributed by atoms with Gasteiger partial charge in [0.15, 0.2) is 5.78 Å². The molecule has 0 spiro atoms. The van der Waals surface area contributed by atoms with E-state index in [-0.39, 0.29) is 5.78 Å². The molecule has 1 aliphatic rings. The van der Waals surface area contributed by atoms with E-state index in [9.17, 15) is 9.18 Å². The number of piperazine rings is 1. The van der Waals surface area contributed by atoms with E-state index >= 15 is 0 Å². The van der Waals surface area contributed by atoms with Crippen molar-refractivity contribution in [2.75, 3.05) is 37.6 Å². The summed E-state index contributed by atoms with van der Waals surface area (Å²) in [6.07, 6.45) is 3.82. The molecule has 134 valence electrons. The minimum Gasteiger partial charge on any atom is -0.354 e. The molecule has 4 nitrogen and oxygen atoms in total. The highest BCUT2D eigenvalue weighted by atomic mass is 32.1. The standard InChI is InChI=1S/C19H24FN3OS/c20-18-8-4-9-19(21-18)23-13-11-22(12-14-23)10-3-1-2-6-16(24)17-7-5-15-25-17/h4-5,7-9,15H,1-3,6,10-14H2. The van der Waals surface area contributed by atoms with Gasteiger partial charge in [-0.2, -0.15) is 4.39 Å². The Bertz CT molecular complexity index is 669. The Balaban J connectivity index is 1.30. The molecule has 0 unspecified atom stereocenters. The smallest absolute Gasteiger partial charge is 0.214 e. The number of aromatic nitrogens is 1. The molecule has 0 radical (unpaired) electrons. The molecule has 3 rings (SSSR count). The van der Waals surface area contributed by atoms with Gasteiger partial charge < -0.3 is 4.90 Å². The summed E-state index contributed by atoms with van der Waals surface area (Å²) in [6, 6.07) is 8.78. The maximum atomic E-state index is 13.2. The zero-order valence-corrected chi connectivity index (χ0v) is 15.2. The molecule has 6 heteroatoms. The molecule has 0 bridgehead atoms. The Labute approximate surface area is 152 Å². The summed E-state index contributed by atoms with van der Waals surface area (Å²) >= 11 is 1.53. The van der Waals surface area contributed by atoms with E-state index in [1.807, 2.05) is 23.6 Å². The summed E-state index contributed by atoms with van der Waals surface area (Å²) in [5.41, 5.74) is 0. The predicted octanol–water partition coefficient (Wildman–Crippen LogP) is 3.85. The van der Waals surface area contributed by atoms with Crippen molar-refractivity contribution in [1.29, 1.82) is 0 Å². The zero-order valence-electron chi connectivity index (χ0n) is 14.4. The fourth-order valence-electron chi connectivity index (χ4n) is 3.13. The summed E-state index contributed by atoms with van der Waals surface area (Å²) < 4.78 is 13.2. The van der Waals surface area contributed by atoms with Crippen LogP contribution >= 0.6 is 11.3 Å². The molecule has 0 N–H and O–H groups in total. The molecule has 2 aromatic rings. The first-order valence-corrected chi connectivity index (χ1v) is 9.77. The first-order valence-electron chi connectivity index (χ1n) is 8.89. The lowest BCUT2D eigenvalue weighted by atomic mass is 10.1. The van der Waals surface area contributed by atoms with E-state index < -0.39 is 5.95 Å². The molecule has 0 atom stereocenters. The largest absolute Gasteiger partial charge is 0.354 e. The summed E-state index contributed by atoms with van der Waals surface area (Å²) in [6.45, 7) is 4.79. The quantitative estimate of drug-likeness (QED) is 0.407. The molecule has 2 aromatic heterocycles. The van der Waals surface area contributed by atoms with Gasteiger partial charge in [0.05, 0.1) is 4.88 Å². The number of ketones is 1. The van der Waals surface area contributed by atoms with Crippen LogP contribution in [0.25, 0.3) is 0 Å². The maximum absolute atomic E-state index is 13.2. The van der Waals surface area contributed by atoms with Gasteiger partial charge in [-0.1, -0.05) is 18.6 Å². The number of carbonyl (C=O) groups excluding carboxylic acids is 1. The number of unbranched alkanes of at least 4 members (excludes halogenated alkanes) is 2. The van der Waals surface area contributed by atoms with E-state index in [2.05, 4.69) is 14.8 Å². The average molecular weight is 361 g/mol. The van der Waals surface area contributed by atoms with Gasteiger partial charge in [-0.05, 0) is 43.0 Å². The van der Waals surface area contributed by atoms with Crippen molar-refractivity contribution >= 4 is 22.9 Å². The van der Waals surface area contributed by atoms with Crippen molar-refractivity contribution in [1.82, 2.24) is 9.88 Å². The Kier molecular flexibility index (Phi) is 6.53. The van der Waals surface area contributed by atoms with Crippen LogP contribution in [-0.2, 0) is 0 Å². The number of Topliss-reactive ketones (excluding diaryl/α,β-unsaturated/α-hetero) is 1. The zero-order chi connectivity index (χ0) is 17.5. The number of nitrogens with zero attached hydrogens (tertiary/aromatic N) is 3. The average Bonchev–Trinajstić information content (AvgIpc) is 3.17. The number of hydrogen-bond donors (Lipinski definition) is 0. The first-order chi connectivity index (χ1) is 12.2. The number of carbonyl (C=O) groups is 1. The van der Waals surface area contributed by atoms with Gasteiger partial charge >= 0.3 is 0 Å². The number of halogens is 1. The van der Waals surface area contributed by atoms with Crippen molar-refractivity contribution in [2.45, 2.75) is 25.7 Å². The Hall–Kier alpha value is -1.79. The second-order valence-electron chi connectivity index (χ2n) is 6.36. The number of rotatable bonds is 8. The third-order valence-electron chi connectivity index (χ3n) is 4.57. The van der Waals surface area contributed by atoms with Crippen molar-refractivity contribution in [2.24, 2.45) is 0 Å². The van der Waals surface area contributed by atoms with Crippen LogP contribution < -0.4 is 4.90 Å². The fourth-order valence-corrected chi connectivity index (χ4v) is 3.83. The van der Waals surface area contributed by atoms with Crippen LogP contribution in [0.1, 0.15) is 35.4 Å². The van der Waals surface area contributed by atoms with Crippen LogP contribution in [0.4, 0.5) is 10.2 Å². The van der Waals surface area contributed by atoms with Crippen LogP contribution in [-0.4, -0.2) is 48.4 Å². The van der Waals surface area contributed by atoms with Crippen LogP contribution in [0.5, 0.6) is 0 Å². The molecule has 0 aromatic carbocycles. The van der Waals surface area contributed by atoms with Crippen LogP contribution in [0.3, 0.4) is 0 Å². The fraction of sp³-hybridized carbons (Fsp3) is 0.474. The van der Waals surface area contributed by atoms with Crippen LogP contribution in [0, 0.1) is 5.95 Å². The van der Waals surface area contributed by atoms with Gasteiger partial charge in [-0.15, -0.1) is 11.3 Å². The molecule has 0 amide bonds. The third-order valence-corrected chi connectivity index (χ3v) is 5.48. The Morgan fingerprint density at radius 3 is 2.64 bits per heavy atom. The lowest BCUT2D eigenvalue weighted by Gasteiger charge is -2.35. The predicted molar refractivity (Wildman–Crippen MR) is 100.0 cm³/mol. The van der Waals surface area contributed by atoms with E-state index in [0.717, 1.165) is 62.7 Å². The van der Waals surface area contributed by atoms with Crippen molar-refractivity contribution in [3.63, 3.8) is 0 Å². The highest BCUT2D eigenvalue weighted by Gasteiger charge is 2.17. The van der Waals surface area contributed by atoms with Gasteiger partial charge in [0, 0.05) is 32.6 Å². The van der Waals surface area contributed by atoms with Crippen molar-refractivity contribution in [3.8, 4) is 0 Å². The maximum Gasteiger partial charge on any atom is 0.214 e. The van der Waals surface area contributed by atoms with Crippen molar-refractivity contribution < 1.29 is 9.18 Å². The molecule has 0 aliphatic carbocycles. The third kappa shape index (κ3) is 5.34. The number of anilines is 1. The highest BCUT2D eigenvalue weighted by molar-refractivity contribution is 7.12. The number of hydrogen-bond acceptors (Lipinski definition) is 5. The second-order valence-corrected chi connectivity index (χ2v) is 7.31. The SMILES string of the molecule is O=C(CCCCCN1CCN(c2cccc(F)n2)CC1)c1cccs1. The van der Waals surface area contributed by atoms with Crippen molar-refractivity contribution in [3.05, 3.63) is 46.5 Å². The lowest BCUT2D eigenvalue weighted by molar-refractivity contribution is 0.0982. The van der Waals surface area contributed by atoms with Gasteiger partial charge in [0.2, 0.25) is 5.95 Å². The minimum absolute atomic E-state index is 0.270. The molecule has 1 aliphatic heterocycles. The Morgan fingerprint density at radius 2 is 1.92 bits per heavy atom. The molecular weight excluding hydrogens is 337 g/mol. The topological polar surface area (TPSA) is 36.4 Å². The molecule has 1 saturated heterocycles. The highest BCUT2D eigenvalue weighted by Crippen LogP contribution is 2.16. The number of thiophene rings is 1. The molecule has 25 heavy (non-hydrogen) atoms. The van der Waals surface area contributed by atoms with Gasteiger partial charge in [-0.3, -0.25) is 9.69 Å². The van der Waals surface area contributed by atoms with E-state index in [0.29, 0.717) is 6.42 Å². The second kappa shape index (κ2) is 9.06. The molecular formula is C19H24FN3OS. The van der Waals surface area contributed by atoms with E-state index in [1.165, 1.54) is 17.4 Å². The first kappa shape index (κ1) is 18.0. The number of pyridine rings is 1. The lowest BCUT2D eigenvalue weighted by Crippen LogP contribution is -2.46. The summed E-state index contributed by atoms with van der Waals surface area (Å²) in [5.74, 6) is 0.579. The van der Waals surface area contributed by atoms with E-state index in [4.69, 9.17) is 0 Å². The van der Waals surface area contributed by atoms with Crippen LogP contribution in [0.15, 0.2) is 35.7 Å². The minimum atomic E-state index is -0.419. The molecule has 1 fully saturated rings. The van der Waals surface area contributed by atoms with Crippen LogP contribution in [0.2, 0.25) is 0 Å². The van der Waals surface area contributed by atoms with E-state index in [1.54, 1.807) is 6.07 Å². The summed E-state index contributed by atoms with van der Waals surface area (Å²) in [4.78, 5) is 21.3. The summed E-state index contributed by atoms with van der Waals surface area (Å²) in [7, 11) is 0.